The van der Waals surface area contributed by atoms with Crippen LogP contribution in [0.3, 0.4) is 0 Å². The number of rotatable bonds is 1. The Morgan fingerprint density at radius 3 is 1.75 bits per heavy atom. The highest BCUT2D eigenvalue weighted by atomic mass is 28.4. The molecule has 66 valence electrons. The molecule has 1 rings (SSSR count). The fraction of sp³-hybridized carbons (Fsp3) is 0.400. The van der Waals surface area contributed by atoms with Gasteiger partial charge in [-0.2, -0.15) is 0 Å². The van der Waals surface area contributed by atoms with Gasteiger partial charge < -0.3 is 4.80 Å². The summed E-state index contributed by atoms with van der Waals surface area (Å²) in [7, 11) is -2.10. The van der Waals surface area contributed by atoms with E-state index in [-0.39, 0.29) is 0 Å². The highest BCUT2D eigenvalue weighted by Gasteiger charge is 2.19. The second kappa shape index (κ2) is 3.03. The van der Waals surface area contributed by atoms with Crippen molar-refractivity contribution in [2.75, 3.05) is 0 Å². The maximum Gasteiger partial charge on any atom is 0.213 e. The maximum atomic E-state index is 9.88. The van der Waals surface area contributed by atoms with Crippen LogP contribution < -0.4 is 5.19 Å². The van der Waals surface area contributed by atoms with Crippen molar-refractivity contribution in [3.8, 4) is 0 Å². The summed E-state index contributed by atoms with van der Waals surface area (Å²) >= 11 is 0. The van der Waals surface area contributed by atoms with Crippen LogP contribution in [0.2, 0.25) is 13.1 Å². The summed E-state index contributed by atoms with van der Waals surface area (Å²) in [5.74, 6) is 0. The molecule has 1 aromatic rings. The average molecular weight is 180 g/mol. The van der Waals surface area contributed by atoms with Crippen molar-refractivity contribution in [1.29, 1.82) is 0 Å². The standard InChI is InChI=1S/C10H16OSi/c1-8-5-9(2)7-10(6-8)12(3,4)11/h5-7,11H,1-4H3. The Morgan fingerprint density at radius 2 is 1.42 bits per heavy atom. The first-order valence-electron chi connectivity index (χ1n) is 4.21. The molecular formula is C10H16OSi. The van der Waals surface area contributed by atoms with Crippen LogP contribution in [-0.2, 0) is 0 Å². The maximum absolute atomic E-state index is 9.88. The van der Waals surface area contributed by atoms with Gasteiger partial charge in [-0.05, 0) is 32.1 Å². The molecule has 0 fully saturated rings. The number of hydrogen-bond donors (Lipinski definition) is 1. The molecule has 1 nitrogen and oxygen atoms in total. The molecule has 0 aromatic heterocycles. The molecule has 1 aromatic carbocycles. The van der Waals surface area contributed by atoms with E-state index >= 15 is 0 Å². The molecule has 0 heterocycles. The fourth-order valence-electron chi connectivity index (χ4n) is 1.33. The summed E-state index contributed by atoms with van der Waals surface area (Å²) in [4.78, 5) is 9.88. The zero-order valence-corrected chi connectivity index (χ0v) is 9.18. The molecule has 0 bridgehead atoms. The Kier molecular flexibility index (Phi) is 2.40. The van der Waals surface area contributed by atoms with Gasteiger partial charge in [0, 0.05) is 0 Å². The van der Waals surface area contributed by atoms with Crippen LogP contribution in [-0.4, -0.2) is 13.1 Å². The van der Waals surface area contributed by atoms with Crippen LogP contribution in [0, 0.1) is 13.8 Å². The Labute approximate surface area is 75.2 Å². The van der Waals surface area contributed by atoms with E-state index in [1.807, 2.05) is 13.1 Å². The molecule has 0 radical (unpaired) electrons. The van der Waals surface area contributed by atoms with E-state index in [0.29, 0.717) is 0 Å². The molecule has 0 saturated heterocycles. The highest BCUT2D eigenvalue weighted by molar-refractivity contribution is 6.83. The Hall–Kier alpha value is -0.603. The summed E-state index contributed by atoms with van der Waals surface area (Å²) in [5, 5.41) is 1.13. The quantitative estimate of drug-likeness (QED) is 0.652. The van der Waals surface area contributed by atoms with Crippen LogP contribution in [0.1, 0.15) is 11.1 Å². The van der Waals surface area contributed by atoms with Gasteiger partial charge >= 0.3 is 0 Å². The lowest BCUT2D eigenvalue weighted by Gasteiger charge is -2.15. The summed E-state index contributed by atoms with van der Waals surface area (Å²) in [6.07, 6.45) is 0. The molecule has 0 unspecified atom stereocenters. The summed E-state index contributed by atoms with van der Waals surface area (Å²) < 4.78 is 0. The number of benzene rings is 1. The second-order valence-electron chi connectivity index (χ2n) is 3.94. The minimum atomic E-state index is -2.10. The first kappa shape index (κ1) is 9.48. The van der Waals surface area contributed by atoms with Gasteiger partial charge in [-0.1, -0.05) is 29.3 Å². The zero-order valence-electron chi connectivity index (χ0n) is 8.18. The van der Waals surface area contributed by atoms with Crippen molar-refractivity contribution >= 4 is 13.5 Å². The molecule has 1 N–H and O–H groups in total. The molecule has 0 atom stereocenters. The predicted molar refractivity (Wildman–Crippen MR) is 55.3 cm³/mol. The summed E-state index contributed by atoms with van der Waals surface area (Å²) in [6.45, 7) is 8.02. The molecule has 0 saturated carbocycles. The van der Waals surface area contributed by atoms with E-state index in [4.69, 9.17) is 0 Å². The van der Waals surface area contributed by atoms with Crippen LogP contribution in [0.5, 0.6) is 0 Å². The van der Waals surface area contributed by atoms with Gasteiger partial charge in [-0.3, -0.25) is 0 Å². The van der Waals surface area contributed by atoms with Gasteiger partial charge in [0.25, 0.3) is 0 Å². The van der Waals surface area contributed by atoms with Crippen molar-refractivity contribution in [3.63, 3.8) is 0 Å². The molecule has 0 aliphatic carbocycles. The Bertz CT molecular complexity index is 266. The zero-order chi connectivity index (χ0) is 9.35. The minimum Gasteiger partial charge on any atom is -0.428 e. The largest absolute Gasteiger partial charge is 0.428 e. The van der Waals surface area contributed by atoms with E-state index in [1.54, 1.807) is 0 Å². The van der Waals surface area contributed by atoms with Crippen molar-refractivity contribution in [1.82, 2.24) is 0 Å². The molecular weight excluding hydrogens is 164 g/mol. The third-order valence-electron chi connectivity index (χ3n) is 1.93. The lowest BCUT2D eigenvalue weighted by molar-refractivity contribution is 0.568. The molecule has 12 heavy (non-hydrogen) atoms. The second-order valence-corrected chi connectivity index (χ2v) is 7.63. The molecule has 0 spiro atoms. The molecule has 0 aliphatic heterocycles. The molecule has 2 heteroatoms. The Morgan fingerprint density at radius 1 is 1.00 bits per heavy atom. The third kappa shape index (κ3) is 2.19. The lowest BCUT2D eigenvalue weighted by Crippen LogP contribution is -2.41. The van der Waals surface area contributed by atoms with Crippen molar-refractivity contribution in [3.05, 3.63) is 29.3 Å². The van der Waals surface area contributed by atoms with Crippen LogP contribution in [0.4, 0.5) is 0 Å². The Balaban J connectivity index is 3.18. The van der Waals surface area contributed by atoms with E-state index in [0.717, 1.165) is 5.19 Å². The van der Waals surface area contributed by atoms with Gasteiger partial charge in [0.05, 0.1) is 0 Å². The van der Waals surface area contributed by atoms with Crippen molar-refractivity contribution in [2.24, 2.45) is 0 Å². The van der Waals surface area contributed by atoms with Gasteiger partial charge in [0.1, 0.15) is 0 Å². The van der Waals surface area contributed by atoms with E-state index in [1.165, 1.54) is 11.1 Å². The first-order chi connectivity index (χ1) is 5.39. The minimum absolute atomic E-state index is 1.13. The SMILES string of the molecule is Cc1cc(C)cc([Si](C)(C)O)c1. The van der Waals surface area contributed by atoms with Crippen LogP contribution in [0.25, 0.3) is 0 Å². The van der Waals surface area contributed by atoms with E-state index in [9.17, 15) is 4.80 Å². The molecule has 0 amide bonds. The van der Waals surface area contributed by atoms with Crippen LogP contribution in [0.15, 0.2) is 18.2 Å². The highest BCUT2D eigenvalue weighted by Crippen LogP contribution is 2.05. The van der Waals surface area contributed by atoms with Gasteiger partial charge in [-0.25, -0.2) is 0 Å². The van der Waals surface area contributed by atoms with E-state index in [2.05, 4.69) is 32.0 Å². The van der Waals surface area contributed by atoms with Crippen LogP contribution >= 0.6 is 0 Å². The lowest BCUT2D eigenvalue weighted by atomic mass is 10.2. The van der Waals surface area contributed by atoms with Gasteiger partial charge in [-0.15, -0.1) is 0 Å². The van der Waals surface area contributed by atoms with Crippen molar-refractivity contribution in [2.45, 2.75) is 26.9 Å². The van der Waals surface area contributed by atoms with Gasteiger partial charge in [0.2, 0.25) is 8.32 Å². The van der Waals surface area contributed by atoms with Crippen molar-refractivity contribution < 1.29 is 4.80 Å². The fourth-order valence-corrected chi connectivity index (χ4v) is 2.49. The predicted octanol–water partition coefficient (Wildman–Crippen LogP) is 1.71. The van der Waals surface area contributed by atoms with Gasteiger partial charge in [0.15, 0.2) is 0 Å². The topological polar surface area (TPSA) is 20.2 Å². The third-order valence-corrected chi connectivity index (χ3v) is 3.63. The normalized spacial score (nSPS) is 11.8. The van der Waals surface area contributed by atoms with E-state index < -0.39 is 8.32 Å². The average Bonchev–Trinajstić information content (AvgIpc) is 1.82. The molecule has 0 aliphatic rings. The number of aryl methyl sites for hydroxylation is 2. The smallest absolute Gasteiger partial charge is 0.213 e. The summed E-state index contributed by atoms with van der Waals surface area (Å²) in [6, 6.07) is 6.29. The summed E-state index contributed by atoms with van der Waals surface area (Å²) in [5.41, 5.74) is 2.47. The monoisotopic (exact) mass is 180 g/mol. The number of hydrogen-bond acceptors (Lipinski definition) is 1. The first-order valence-corrected chi connectivity index (χ1v) is 7.15.